The molecule has 1 heterocycles. The maximum atomic E-state index is 11.9. The first-order valence-corrected chi connectivity index (χ1v) is 9.88. The Morgan fingerprint density at radius 3 is 2.12 bits per heavy atom. The number of rotatable bonds is 13. The topological polar surface area (TPSA) is 54.5 Å². The molecule has 1 amide bonds. The van der Waals surface area contributed by atoms with Gasteiger partial charge in [-0.2, -0.15) is 0 Å². The number of hydrogen-bond acceptors (Lipinski definition) is 3. The van der Waals surface area contributed by atoms with Gasteiger partial charge in [-0.05, 0) is 45.4 Å². The third-order valence-electron chi connectivity index (χ3n) is 4.79. The van der Waals surface area contributed by atoms with Crippen molar-refractivity contribution in [1.29, 1.82) is 0 Å². The second-order valence-electron chi connectivity index (χ2n) is 7.16. The largest absolute Gasteiger partial charge is 0.343 e. The van der Waals surface area contributed by atoms with Crippen molar-refractivity contribution in [2.75, 3.05) is 13.1 Å². The SMILES string of the molecule is CC(=O)CCCCCCC(=O)CCCCCN1CCCCCC1=O. The zero-order chi connectivity index (χ0) is 17.6. The van der Waals surface area contributed by atoms with E-state index in [9.17, 15) is 14.4 Å². The quantitative estimate of drug-likeness (QED) is 0.467. The Morgan fingerprint density at radius 2 is 1.46 bits per heavy atom. The number of Topliss-reactive ketones (excluding diaryl/α,β-unsaturated/α-hetero) is 2. The molecule has 0 N–H and O–H groups in total. The average molecular weight is 338 g/mol. The van der Waals surface area contributed by atoms with Crippen LogP contribution in [0.2, 0.25) is 0 Å². The van der Waals surface area contributed by atoms with Gasteiger partial charge in [0, 0.05) is 38.8 Å². The lowest BCUT2D eigenvalue weighted by Gasteiger charge is -2.20. The molecule has 0 aromatic carbocycles. The van der Waals surface area contributed by atoms with Gasteiger partial charge in [0.2, 0.25) is 5.91 Å². The number of unbranched alkanes of at least 4 members (excludes halogenated alkanes) is 5. The zero-order valence-electron chi connectivity index (χ0n) is 15.5. The van der Waals surface area contributed by atoms with Crippen LogP contribution in [0.5, 0.6) is 0 Å². The first-order valence-electron chi connectivity index (χ1n) is 9.88. The zero-order valence-corrected chi connectivity index (χ0v) is 15.5. The van der Waals surface area contributed by atoms with Gasteiger partial charge in [0.25, 0.3) is 0 Å². The summed E-state index contributed by atoms with van der Waals surface area (Å²) < 4.78 is 0. The van der Waals surface area contributed by atoms with E-state index in [2.05, 4.69) is 0 Å². The third kappa shape index (κ3) is 10.6. The maximum absolute atomic E-state index is 11.9. The smallest absolute Gasteiger partial charge is 0.222 e. The van der Waals surface area contributed by atoms with Crippen molar-refractivity contribution in [3.63, 3.8) is 0 Å². The highest BCUT2D eigenvalue weighted by Gasteiger charge is 2.15. The van der Waals surface area contributed by atoms with Crippen LogP contribution in [-0.4, -0.2) is 35.5 Å². The van der Waals surface area contributed by atoms with Crippen LogP contribution in [-0.2, 0) is 14.4 Å². The Balaban J connectivity index is 1.93. The normalized spacial score (nSPS) is 15.4. The third-order valence-corrected chi connectivity index (χ3v) is 4.79. The van der Waals surface area contributed by atoms with E-state index in [1.807, 2.05) is 4.90 Å². The van der Waals surface area contributed by atoms with Crippen molar-refractivity contribution >= 4 is 17.5 Å². The molecule has 1 fully saturated rings. The molecule has 0 bridgehead atoms. The molecule has 0 aromatic rings. The number of carbonyl (C=O) groups is 3. The van der Waals surface area contributed by atoms with Gasteiger partial charge in [0.15, 0.2) is 0 Å². The van der Waals surface area contributed by atoms with Crippen LogP contribution in [0.25, 0.3) is 0 Å². The summed E-state index contributed by atoms with van der Waals surface area (Å²) in [5, 5.41) is 0. The summed E-state index contributed by atoms with van der Waals surface area (Å²) in [6, 6.07) is 0. The lowest BCUT2D eigenvalue weighted by molar-refractivity contribution is -0.130. The van der Waals surface area contributed by atoms with Gasteiger partial charge in [-0.3, -0.25) is 9.59 Å². The van der Waals surface area contributed by atoms with Crippen LogP contribution in [0, 0.1) is 0 Å². The first-order chi connectivity index (χ1) is 11.6. The Bertz CT molecular complexity index is 392. The van der Waals surface area contributed by atoms with E-state index in [0.29, 0.717) is 37.4 Å². The van der Waals surface area contributed by atoms with Crippen molar-refractivity contribution < 1.29 is 14.4 Å². The van der Waals surface area contributed by atoms with Crippen molar-refractivity contribution in [2.24, 2.45) is 0 Å². The summed E-state index contributed by atoms with van der Waals surface area (Å²) in [4.78, 5) is 36.5. The van der Waals surface area contributed by atoms with Gasteiger partial charge >= 0.3 is 0 Å². The van der Waals surface area contributed by atoms with Crippen LogP contribution >= 0.6 is 0 Å². The highest BCUT2D eigenvalue weighted by Crippen LogP contribution is 2.13. The molecule has 0 atom stereocenters. The number of carbonyl (C=O) groups excluding carboxylic acids is 3. The average Bonchev–Trinajstić information content (AvgIpc) is 2.75. The number of likely N-dealkylation sites (tertiary alicyclic amines) is 1. The lowest BCUT2D eigenvalue weighted by Crippen LogP contribution is -2.31. The molecule has 4 heteroatoms. The van der Waals surface area contributed by atoms with Gasteiger partial charge in [-0.15, -0.1) is 0 Å². The summed E-state index contributed by atoms with van der Waals surface area (Å²) in [6.07, 6.45) is 13.1. The molecule has 1 aliphatic heterocycles. The molecule has 0 radical (unpaired) electrons. The van der Waals surface area contributed by atoms with Crippen LogP contribution in [0.15, 0.2) is 0 Å². The fraction of sp³-hybridized carbons (Fsp3) is 0.850. The van der Waals surface area contributed by atoms with Gasteiger partial charge < -0.3 is 9.69 Å². The Labute approximate surface area is 147 Å². The van der Waals surface area contributed by atoms with Crippen LogP contribution in [0.1, 0.15) is 96.8 Å². The molecular weight excluding hydrogens is 302 g/mol. The lowest BCUT2D eigenvalue weighted by atomic mass is 10.0. The van der Waals surface area contributed by atoms with E-state index in [4.69, 9.17) is 0 Å². The molecule has 1 rings (SSSR count). The molecule has 0 spiro atoms. The van der Waals surface area contributed by atoms with E-state index >= 15 is 0 Å². The number of hydrogen-bond donors (Lipinski definition) is 0. The number of amides is 1. The standard InChI is InChI=1S/C20H35NO3/c1-18(22)12-6-2-3-7-13-19(23)14-8-4-10-16-21-17-11-5-9-15-20(21)24/h2-17H2,1H3. The van der Waals surface area contributed by atoms with Crippen molar-refractivity contribution in [2.45, 2.75) is 96.8 Å². The molecule has 1 aliphatic rings. The summed E-state index contributed by atoms with van der Waals surface area (Å²) >= 11 is 0. The van der Waals surface area contributed by atoms with E-state index in [1.54, 1.807) is 6.92 Å². The number of ketones is 2. The predicted molar refractivity (Wildman–Crippen MR) is 96.9 cm³/mol. The minimum absolute atomic E-state index is 0.257. The van der Waals surface area contributed by atoms with E-state index in [-0.39, 0.29) is 5.78 Å². The molecule has 138 valence electrons. The van der Waals surface area contributed by atoms with Crippen molar-refractivity contribution in [1.82, 2.24) is 4.90 Å². The van der Waals surface area contributed by atoms with E-state index in [0.717, 1.165) is 70.9 Å². The highest BCUT2D eigenvalue weighted by molar-refractivity contribution is 5.78. The number of nitrogens with zero attached hydrogens (tertiary/aromatic N) is 1. The minimum atomic E-state index is 0.257. The molecule has 1 saturated heterocycles. The van der Waals surface area contributed by atoms with Crippen molar-refractivity contribution in [3.8, 4) is 0 Å². The summed E-state index contributed by atoms with van der Waals surface area (Å²) in [5.74, 6) is 0.939. The van der Waals surface area contributed by atoms with Gasteiger partial charge in [0.05, 0.1) is 0 Å². The van der Waals surface area contributed by atoms with Gasteiger partial charge in [-0.25, -0.2) is 0 Å². The van der Waals surface area contributed by atoms with Gasteiger partial charge in [0.1, 0.15) is 11.6 Å². The monoisotopic (exact) mass is 337 g/mol. The molecule has 4 nitrogen and oxygen atoms in total. The highest BCUT2D eigenvalue weighted by atomic mass is 16.2. The minimum Gasteiger partial charge on any atom is -0.343 e. The molecule has 0 saturated carbocycles. The molecule has 0 aliphatic carbocycles. The Kier molecular flexibility index (Phi) is 11.4. The summed E-state index contributed by atoms with van der Waals surface area (Å²) in [6.45, 7) is 3.41. The van der Waals surface area contributed by atoms with Crippen LogP contribution < -0.4 is 0 Å². The van der Waals surface area contributed by atoms with E-state index < -0.39 is 0 Å². The fourth-order valence-electron chi connectivity index (χ4n) is 3.25. The second-order valence-corrected chi connectivity index (χ2v) is 7.16. The fourth-order valence-corrected chi connectivity index (χ4v) is 3.25. The second kappa shape index (κ2) is 13.1. The van der Waals surface area contributed by atoms with Crippen LogP contribution in [0.4, 0.5) is 0 Å². The molecule has 24 heavy (non-hydrogen) atoms. The maximum Gasteiger partial charge on any atom is 0.222 e. The molecule has 0 unspecified atom stereocenters. The Hall–Kier alpha value is -1.19. The van der Waals surface area contributed by atoms with E-state index in [1.165, 1.54) is 6.42 Å². The molecule has 0 aromatic heterocycles. The van der Waals surface area contributed by atoms with Crippen LogP contribution in [0.3, 0.4) is 0 Å². The predicted octanol–water partition coefficient (Wildman–Crippen LogP) is 4.45. The Morgan fingerprint density at radius 1 is 0.833 bits per heavy atom. The summed E-state index contributed by atoms with van der Waals surface area (Å²) in [7, 11) is 0. The van der Waals surface area contributed by atoms with Crippen molar-refractivity contribution in [3.05, 3.63) is 0 Å². The first kappa shape index (κ1) is 20.9. The van der Waals surface area contributed by atoms with Gasteiger partial charge in [-0.1, -0.05) is 25.7 Å². The summed E-state index contributed by atoms with van der Waals surface area (Å²) in [5.41, 5.74) is 0. The molecular formula is C20H35NO3.